The van der Waals surface area contributed by atoms with Gasteiger partial charge in [-0.3, -0.25) is 0 Å². The van der Waals surface area contributed by atoms with Gasteiger partial charge in [0.15, 0.2) is 11.5 Å². The van der Waals surface area contributed by atoms with Crippen LogP contribution in [0.2, 0.25) is 0 Å². The highest BCUT2D eigenvalue weighted by Crippen LogP contribution is 2.32. The van der Waals surface area contributed by atoms with Crippen molar-refractivity contribution in [3.05, 3.63) is 65.7 Å². The number of ether oxygens (including phenoxy) is 1. The molecular weight excluding hydrogens is 356 g/mol. The van der Waals surface area contributed by atoms with E-state index in [1.807, 2.05) is 56.3 Å². The Morgan fingerprint density at radius 1 is 1.04 bits per heavy atom. The molecule has 0 fully saturated rings. The first-order valence-electron chi connectivity index (χ1n) is 8.87. The number of methoxy groups -OCH3 is 1. The zero-order valence-corrected chi connectivity index (χ0v) is 15.9. The molecule has 0 aliphatic carbocycles. The number of benzene rings is 1. The number of anilines is 1. The number of nitrogens with zero attached hydrogens (tertiary/aromatic N) is 3. The van der Waals surface area contributed by atoms with Crippen molar-refractivity contribution in [2.24, 2.45) is 0 Å². The van der Waals surface area contributed by atoms with Crippen molar-refractivity contribution in [1.82, 2.24) is 15.1 Å². The monoisotopic (exact) mass is 376 g/mol. The largest absolute Gasteiger partial charge is 0.497 e. The van der Waals surface area contributed by atoms with E-state index in [9.17, 15) is 0 Å². The highest BCUT2D eigenvalue weighted by molar-refractivity contribution is 5.75. The van der Waals surface area contributed by atoms with Gasteiger partial charge in [-0.1, -0.05) is 17.3 Å². The predicted octanol–water partition coefficient (Wildman–Crippen LogP) is 4.63. The second-order valence-corrected chi connectivity index (χ2v) is 6.40. The van der Waals surface area contributed by atoms with E-state index in [2.05, 4.69) is 20.4 Å². The highest BCUT2D eigenvalue weighted by Gasteiger charge is 2.17. The third kappa shape index (κ3) is 3.73. The molecule has 7 heteroatoms. The Balaban J connectivity index is 1.63. The van der Waals surface area contributed by atoms with E-state index < -0.39 is 0 Å². The van der Waals surface area contributed by atoms with Crippen LogP contribution in [0.5, 0.6) is 5.75 Å². The average molecular weight is 376 g/mol. The number of aryl methyl sites for hydroxylation is 2. The summed E-state index contributed by atoms with van der Waals surface area (Å²) in [5, 5.41) is 7.21. The van der Waals surface area contributed by atoms with E-state index in [0.29, 0.717) is 29.7 Å². The van der Waals surface area contributed by atoms with Crippen LogP contribution in [0.4, 0.5) is 5.95 Å². The Kier molecular flexibility index (Phi) is 4.80. The normalized spacial score (nSPS) is 10.8. The van der Waals surface area contributed by atoms with Gasteiger partial charge < -0.3 is 19.0 Å². The predicted molar refractivity (Wildman–Crippen MR) is 105 cm³/mol. The fourth-order valence-corrected chi connectivity index (χ4v) is 2.81. The van der Waals surface area contributed by atoms with Crippen LogP contribution in [-0.4, -0.2) is 22.2 Å². The Bertz CT molecular complexity index is 1080. The summed E-state index contributed by atoms with van der Waals surface area (Å²) in [5.74, 6) is 3.38. The summed E-state index contributed by atoms with van der Waals surface area (Å²) in [6, 6.07) is 13.5. The van der Waals surface area contributed by atoms with Crippen molar-refractivity contribution >= 4 is 5.95 Å². The molecule has 0 aliphatic rings. The number of hydrogen-bond donors (Lipinski definition) is 1. The molecule has 0 radical (unpaired) electrons. The number of aromatic nitrogens is 3. The summed E-state index contributed by atoms with van der Waals surface area (Å²) in [6.45, 7) is 4.35. The van der Waals surface area contributed by atoms with Gasteiger partial charge >= 0.3 is 0 Å². The van der Waals surface area contributed by atoms with Gasteiger partial charge in [0.25, 0.3) is 0 Å². The van der Waals surface area contributed by atoms with E-state index in [4.69, 9.17) is 13.7 Å². The molecule has 3 heterocycles. The number of furan rings is 1. The first-order chi connectivity index (χ1) is 13.6. The van der Waals surface area contributed by atoms with Gasteiger partial charge in [0, 0.05) is 18.8 Å². The van der Waals surface area contributed by atoms with Crippen LogP contribution in [0.25, 0.3) is 22.8 Å². The number of nitrogens with one attached hydrogen (secondary N) is 1. The average Bonchev–Trinajstić information content (AvgIpc) is 3.35. The number of hydrogen-bond acceptors (Lipinski definition) is 7. The fourth-order valence-electron chi connectivity index (χ4n) is 2.81. The van der Waals surface area contributed by atoms with E-state index in [0.717, 1.165) is 28.3 Å². The molecule has 0 unspecified atom stereocenters. The van der Waals surface area contributed by atoms with Crippen LogP contribution < -0.4 is 10.1 Å². The van der Waals surface area contributed by atoms with Crippen LogP contribution in [0, 0.1) is 13.8 Å². The van der Waals surface area contributed by atoms with Gasteiger partial charge in [0.2, 0.25) is 5.95 Å². The lowest BCUT2D eigenvalue weighted by molar-refractivity contribution is 0.414. The minimum Gasteiger partial charge on any atom is -0.497 e. The van der Waals surface area contributed by atoms with E-state index in [1.165, 1.54) is 0 Å². The van der Waals surface area contributed by atoms with E-state index >= 15 is 0 Å². The Morgan fingerprint density at radius 3 is 2.50 bits per heavy atom. The zero-order valence-electron chi connectivity index (χ0n) is 15.9. The van der Waals surface area contributed by atoms with Gasteiger partial charge in [0.05, 0.1) is 18.4 Å². The van der Waals surface area contributed by atoms with Crippen molar-refractivity contribution in [3.63, 3.8) is 0 Å². The fraction of sp³-hybridized carbons (Fsp3) is 0.190. The van der Waals surface area contributed by atoms with Gasteiger partial charge in [-0.15, -0.1) is 0 Å². The second kappa shape index (κ2) is 7.56. The summed E-state index contributed by atoms with van der Waals surface area (Å²) in [4.78, 5) is 9.09. The SMILES string of the molecule is COc1ccc(CNc2ncc(-c3cc(C)no3)c(-c3ccc(C)o3)n2)cc1. The van der Waals surface area contributed by atoms with Crippen LogP contribution in [0.1, 0.15) is 17.0 Å². The Labute approximate surface area is 162 Å². The first-order valence-corrected chi connectivity index (χ1v) is 8.87. The standard InChI is InChI=1S/C21H20N4O3/c1-13-10-19(28-25-13)17-12-23-21(24-20(17)18-9-4-14(2)27-18)22-11-15-5-7-16(26-3)8-6-15/h4-10,12H,11H2,1-3H3,(H,22,23,24). The van der Waals surface area contributed by atoms with Gasteiger partial charge in [-0.2, -0.15) is 0 Å². The highest BCUT2D eigenvalue weighted by atomic mass is 16.5. The van der Waals surface area contributed by atoms with Crippen molar-refractivity contribution in [2.75, 3.05) is 12.4 Å². The lowest BCUT2D eigenvalue weighted by atomic mass is 10.1. The molecule has 1 N–H and O–H groups in total. The molecule has 0 bridgehead atoms. The summed E-state index contributed by atoms with van der Waals surface area (Å²) < 4.78 is 16.4. The molecule has 3 aromatic heterocycles. The molecule has 0 saturated carbocycles. The van der Waals surface area contributed by atoms with E-state index in [-0.39, 0.29) is 0 Å². The molecular formula is C21H20N4O3. The van der Waals surface area contributed by atoms with Crippen molar-refractivity contribution in [2.45, 2.75) is 20.4 Å². The molecule has 4 aromatic rings. The quantitative estimate of drug-likeness (QED) is 0.525. The van der Waals surface area contributed by atoms with Gasteiger partial charge in [-0.25, -0.2) is 9.97 Å². The summed E-state index contributed by atoms with van der Waals surface area (Å²) >= 11 is 0. The van der Waals surface area contributed by atoms with Crippen molar-refractivity contribution in [1.29, 1.82) is 0 Å². The summed E-state index contributed by atoms with van der Waals surface area (Å²) in [5.41, 5.74) is 3.26. The van der Waals surface area contributed by atoms with Crippen LogP contribution >= 0.6 is 0 Å². The maximum atomic E-state index is 5.79. The first kappa shape index (κ1) is 17.8. The molecule has 0 amide bonds. The summed E-state index contributed by atoms with van der Waals surface area (Å²) in [6.07, 6.45) is 1.72. The molecule has 7 nitrogen and oxygen atoms in total. The van der Waals surface area contributed by atoms with Gasteiger partial charge in [-0.05, 0) is 43.7 Å². The maximum Gasteiger partial charge on any atom is 0.223 e. The Morgan fingerprint density at radius 2 is 1.86 bits per heavy atom. The molecule has 0 aliphatic heterocycles. The van der Waals surface area contributed by atoms with Crippen LogP contribution in [-0.2, 0) is 6.54 Å². The van der Waals surface area contributed by atoms with E-state index in [1.54, 1.807) is 13.3 Å². The topological polar surface area (TPSA) is 86.2 Å². The molecule has 4 rings (SSSR count). The molecule has 0 spiro atoms. The van der Waals surface area contributed by atoms with Crippen LogP contribution in [0.3, 0.4) is 0 Å². The molecule has 28 heavy (non-hydrogen) atoms. The number of rotatable bonds is 6. The second-order valence-electron chi connectivity index (χ2n) is 6.40. The molecule has 0 atom stereocenters. The van der Waals surface area contributed by atoms with Crippen molar-refractivity contribution in [3.8, 4) is 28.5 Å². The smallest absolute Gasteiger partial charge is 0.223 e. The Hall–Kier alpha value is -3.61. The summed E-state index contributed by atoms with van der Waals surface area (Å²) in [7, 11) is 1.65. The van der Waals surface area contributed by atoms with Gasteiger partial charge in [0.1, 0.15) is 17.2 Å². The zero-order chi connectivity index (χ0) is 19.5. The molecule has 0 saturated heterocycles. The lowest BCUT2D eigenvalue weighted by Gasteiger charge is -2.09. The maximum absolute atomic E-state index is 5.79. The lowest BCUT2D eigenvalue weighted by Crippen LogP contribution is -2.05. The molecule has 1 aromatic carbocycles. The minimum absolute atomic E-state index is 0.500. The third-order valence-electron chi connectivity index (χ3n) is 4.27. The third-order valence-corrected chi connectivity index (χ3v) is 4.27. The molecule has 142 valence electrons. The van der Waals surface area contributed by atoms with Crippen molar-refractivity contribution < 1.29 is 13.7 Å². The van der Waals surface area contributed by atoms with Crippen LogP contribution in [0.15, 0.2) is 57.6 Å². The minimum atomic E-state index is 0.500.